The van der Waals surface area contributed by atoms with Crippen LogP contribution in [0.2, 0.25) is 5.02 Å². The highest BCUT2D eigenvalue weighted by Crippen LogP contribution is 2.19. The molecule has 1 aromatic heterocycles. The molecule has 5 heteroatoms. The fraction of sp³-hybridized carbons (Fsp3) is 0.385. The van der Waals surface area contributed by atoms with Crippen LogP contribution >= 0.6 is 11.6 Å². The summed E-state index contributed by atoms with van der Waals surface area (Å²) in [5, 5.41) is 4.61. The van der Waals surface area contributed by atoms with Gasteiger partial charge >= 0.3 is 0 Å². The van der Waals surface area contributed by atoms with Gasteiger partial charge in [-0.05, 0) is 18.1 Å². The van der Waals surface area contributed by atoms with Crippen molar-refractivity contribution in [2.75, 3.05) is 0 Å². The molecule has 18 heavy (non-hydrogen) atoms. The van der Waals surface area contributed by atoms with E-state index in [1.54, 1.807) is 0 Å². The van der Waals surface area contributed by atoms with E-state index >= 15 is 0 Å². The lowest BCUT2D eigenvalue weighted by Crippen LogP contribution is -2.11. The van der Waals surface area contributed by atoms with Crippen LogP contribution in [0.3, 0.4) is 0 Å². The lowest BCUT2D eigenvalue weighted by molar-refractivity contribution is 0.374. The van der Waals surface area contributed by atoms with E-state index in [4.69, 9.17) is 21.9 Å². The molecule has 2 N–H and O–H groups in total. The molecule has 2 aromatic rings. The van der Waals surface area contributed by atoms with Crippen LogP contribution in [0, 0.1) is 0 Å². The van der Waals surface area contributed by atoms with Crippen LogP contribution in [0.4, 0.5) is 0 Å². The number of hydrogen-bond donors (Lipinski definition) is 1. The van der Waals surface area contributed by atoms with Crippen LogP contribution in [0.5, 0.6) is 0 Å². The van der Waals surface area contributed by atoms with Crippen molar-refractivity contribution >= 4 is 11.6 Å². The first-order valence-corrected chi connectivity index (χ1v) is 6.40. The minimum absolute atomic E-state index is 0.154. The fourth-order valence-corrected chi connectivity index (χ4v) is 1.94. The van der Waals surface area contributed by atoms with E-state index in [2.05, 4.69) is 17.1 Å². The second kappa shape index (κ2) is 5.98. The molecule has 0 aliphatic carbocycles. The third-order valence-electron chi connectivity index (χ3n) is 2.71. The summed E-state index contributed by atoms with van der Waals surface area (Å²) >= 11 is 6.08. The molecule has 1 heterocycles. The molecule has 0 spiro atoms. The van der Waals surface area contributed by atoms with Crippen molar-refractivity contribution in [3.8, 4) is 0 Å². The highest BCUT2D eigenvalue weighted by molar-refractivity contribution is 6.31. The molecule has 0 saturated heterocycles. The monoisotopic (exact) mass is 265 g/mol. The number of rotatable bonds is 5. The van der Waals surface area contributed by atoms with Crippen molar-refractivity contribution in [2.45, 2.75) is 32.2 Å². The van der Waals surface area contributed by atoms with Crippen LogP contribution in [0.15, 0.2) is 28.8 Å². The number of aromatic nitrogens is 2. The van der Waals surface area contributed by atoms with Gasteiger partial charge in [-0.1, -0.05) is 48.3 Å². The van der Waals surface area contributed by atoms with Gasteiger partial charge in [-0.3, -0.25) is 0 Å². The van der Waals surface area contributed by atoms with Gasteiger partial charge < -0.3 is 10.3 Å². The Morgan fingerprint density at radius 2 is 2.17 bits per heavy atom. The molecule has 0 bridgehead atoms. The summed E-state index contributed by atoms with van der Waals surface area (Å²) in [6.45, 7) is 2.07. The molecule has 96 valence electrons. The third-order valence-corrected chi connectivity index (χ3v) is 3.08. The maximum atomic E-state index is 6.08. The summed E-state index contributed by atoms with van der Waals surface area (Å²) in [4.78, 5) is 4.30. The molecule has 0 saturated carbocycles. The van der Waals surface area contributed by atoms with Crippen molar-refractivity contribution in [3.63, 3.8) is 0 Å². The molecule has 0 fully saturated rings. The van der Waals surface area contributed by atoms with E-state index in [1.807, 2.05) is 24.3 Å². The van der Waals surface area contributed by atoms with Gasteiger partial charge in [0, 0.05) is 5.02 Å². The minimum Gasteiger partial charge on any atom is -0.339 e. The zero-order chi connectivity index (χ0) is 13.0. The van der Waals surface area contributed by atoms with Gasteiger partial charge in [-0.25, -0.2) is 0 Å². The Morgan fingerprint density at radius 3 is 2.89 bits per heavy atom. The Kier molecular flexibility index (Phi) is 4.33. The topological polar surface area (TPSA) is 64.9 Å². The van der Waals surface area contributed by atoms with E-state index < -0.39 is 0 Å². The van der Waals surface area contributed by atoms with Crippen molar-refractivity contribution < 1.29 is 4.52 Å². The zero-order valence-corrected chi connectivity index (χ0v) is 11.0. The Balaban J connectivity index is 2.09. The van der Waals surface area contributed by atoms with E-state index in [-0.39, 0.29) is 6.04 Å². The van der Waals surface area contributed by atoms with Crippen molar-refractivity contribution in [1.82, 2.24) is 10.1 Å². The third kappa shape index (κ3) is 3.09. The molecular formula is C13H16ClN3O. The van der Waals surface area contributed by atoms with Gasteiger partial charge in [-0.15, -0.1) is 0 Å². The largest absolute Gasteiger partial charge is 0.339 e. The number of nitrogens with two attached hydrogens (primary N) is 1. The van der Waals surface area contributed by atoms with Gasteiger partial charge in [0.1, 0.15) is 0 Å². The Labute approximate surface area is 111 Å². The maximum Gasteiger partial charge on any atom is 0.231 e. The van der Waals surface area contributed by atoms with Crippen LogP contribution in [0.25, 0.3) is 0 Å². The van der Waals surface area contributed by atoms with Gasteiger partial charge in [0.2, 0.25) is 5.89 Å². The quantitative estimate of drug-likeness (QED) is 0.902. The van der Waals surface area contributed by atoms with Crippen LogP contribution in [0.1, 0.15) is 43.1 Å². The zero-order valence-electron chi connectivity index (χ0n) is 10.3. The normalized spacial score (nSPS) is 12.6. The van der Waals surface area contributed by atoms with Gasteiger partial charge in [0.15, 0.2) is 5.82 Å². The molecule has 1 aromatic carbocycles. The second-order valence-electron chi connectivity index (χ2n) is 4.21. The van der Waals surface area contributed by atoms with E-state index in [0.29, 0.717) is 23.2 Å². The molecule has 0 radical (unpaired) electrons. The smallest absolute Gasteiger partial charge is 0.231 e. The summed E-state index contributed by atoms with van der Waals surface area (Å²) in [6.07, 6.45) is 2.38. The highest BCUT2D eigenvalue weighted by atomic mass is 35.5. The number of benzene rings is 1. The first-order valence-electron chi connectivity index (χ1n) is 6.02. The summed E-state index contributed by atoms with van der Waals surface area (Å²) in [7, 11) is 0. The molecular weight excluding hydrogens is 250 g/mol. The summed E-state index contributed by atoms with van der Waals surface area (Å²) < 4.78 is 5.19. The lowest BCUT2D eigenvalue weighted by atomic mass is 10.1. The number of nitrogens with zero attached hydrogens (tertiary/aromatic N) is 2. The predicted molar refractivity (Wildman–Crippen MR) is 70.4 cm³/mol. The first kappa shape index (κ1) is 13.1. The van der Waals surface area contributed by atoms with Gasteiger partial charge in [-0.2, -0.15) is 4.98 Å². The van der Waals surface area contributed by atoms with Crippen molar-refractivity contribution in [2.24, 2.45) is 5.73 Å². The number of hydrogen-bond acceptors (Lipinski definition) is 4. The van der Waals surface area contributed by atoms with E-state index in [1.165, 1.54) is 0 Å². The summed E-state index contributed by atoms with van der Waals surface area (Å²) in [5.41, 5.74) is 6.90. The minimum atomic E-state index is -0.154. The molecule has 2 rings (SSSR count). The molecule has 0 aliphatic heterocycles. The van der Waals surface area contributed by atoms with Crippen LogP contribution in [-0.4, -0.2) is 10.1 Å². The average molecular weight is 266 g/mol. The van der Waals surface area contributed by atoms with E-state index in [0.717, 1.165) is 18.4 Å². The summed E-state index contributed by atoms with van der Waals surface area (Å²) in [6, 6.07) is 7.46. The summed E-state index contributed by atoms with van der Waals surface area (Å²) in [5.74, 6) is 1.11. The predicted octanol–water partition coefficient (Wildman–Crippen LogP) is 3.11. The Bertz CT molecular complexity index is 512. The SMILES string of the molecule is CCCC(N)c1noc(Cc2ccccc2Cl)n1. The lowest BCUT2D eigenvalue weighted by Gasteiger charge is -2.02. The maximum absolute atomic E-state index is 6.08. The highest BCUT2D eigenvalue weighted by Gasteiger charge is 2.14. The fourth-order valence-electron chi connectivity index (χ4n) is 1.74. The molecule has 4 nitrogen and oxygen atoms in total. The van der Waals surface area contributed by atoms with Gasteiger partial charge in [0.25, 0.3) is 0 Å². The van der Waals surface area contributed by atoms with Gasteiger partial charge in [0.05, 0.1) is 12.5 Å². The van der Waals surface area contributed by atoms with E-state index in [9.17, 15) is 0 Å². The molecule has 0 amide bonds. The van der Waals surface area contributed by atoms with Crippen LogP contribution in [-0.2, 0) is 6.42 Å². The number of halogens is 1. The second-order valence-corrected chi connectivity index (χ2v) is 4.62. The average Bonchev–Trinajstić information content (AvgIpc) is 2.81. The molecule has 1 atom stereocenters. The van der Waals surface area contributed by atoms with Crippen LogP contribution < -0.4 is 5.73 Å². The Morgan fingerprint density at radius 1 is 1.39 bits per heavy atom. The standard InChI is InChI=1S/C13H16ClN3O/c1-2-5-11(15)13-16-12(18-17-13)8-9-6-3-4-7-10(9)14/h3-4,6-7,11H,2,5,8,15H2,1H3. The first-order chi connectivity index (χ1) is 8.70. The van der Waals surface area contributed by atoms with Crippen molar-refractivity contribution in [1.29, 1.82) is 0 Å². The molecule has 0 aliphatic rings. The van der Waals surface area contributed by atoms with Crippen molar-refractivity contribution in [3.05, 3.63) is 46.6 Å². The Hall–Kier alpha value is -1.39. The molecule has 1 unspecified atom stereocenters.